The summed E-state index contributed by atoms with van der Waals surface area (Å²) >= 11 is 1.24. The molecule has 0 spiro atoms. The van der Waals surface area contributed by atoms with Crippen molar-refractivity contribution in [3.63, 3.8) is 0 Å². The van der Waals surface area contributed by atoms with Gasteiger partial charge >= 0.3 is 0 Å². The first-order valence-electron chi connectivity index (χ1n) is 8.14. The number of unbranched alkanes of at least 4 members (excludes halogenated alkanes) is 2. The van der Waals surface area contributed by atoms with Crippen LogP contribution in [0.25, 0.3) is 10.9 Å². The molecular formula is C17H22N4O3S. The number of amides is 2. The number of hydrogen-bond acceptors (Lipinski definition) is 5. The molecule has 3 N–H and O–H groups in total. The number of para-hydroxylation sites is 1. The van der Waals surface area contributed by atoms with Crippen molar-refractivity contribution in [2.24, 2.45) is 5.73 Å². The minimum Gasteiger partial charge on any atom is -0.370 e. The quantitative estimate of drug-likeness (QED) is 0.397. The molecule has 0 saturated carbocycles. The number of carbonyl (C=O) groups excluding carboxylic acids is 2. The van der Waals surface area contributed by atoms with Crippen molar-refractivity contribution in [2.45, 2.75) is 37.4 Å². The Labute approximate surface area is 150 Å². The number of rotatable bonds is 9. The molecule has 0 radical (unpaired) electrons. The predicted octanol–water partition coefficient (Wildman–Crippen LogP) is 1.28. The van der Waals surface area contributed by atoms with Gasteiger partial charge in [0.25, 0.3) is 5.56 Å². The van der Waals surface area contributed by atoms with E-state index in [1.165, 1.54) is 11.8 Å². The minimum absolute atomic E-state index is 0.111. The van der Waals surface area contributed by atoms with Gasteiger partial charge in [0, 0.05) is 20.0 Å². The van der Waals surface area contributed by atoms with Crippen LogP contribution in [0.4, 0.5) is 0 Å². The number of carbonyl (C=O) groups is 2. The molecule has 8 heteroatoms. The molecule has 2 aromatic rings. The first-order chi connectivity index (χ1) is 12.0. The molecule has 134 valence electrons. The van der Waals surface area contributed by atoms with E-state index in [0.29, 0.717) is 35.4 Å². The Morgan fingerprint density at radius 1 is 1.24 bits per heavy atom. The normalized spacial score (nSPS) is 10.8. The number of nitrogens with two attached hydrogens (primary N) is 1. The van der Waals surface area contributed by atoms with E-state index in [4.69, 9.17) is 5.73 Å². The van der Waals surface area contributed by atoms with Crippen molar-refractivity contribution < 1.29 is 9.59 Å². The number of nitrogens with zero attached hydrogens (tertiary/aromatic N) is 2. The van der Waals surface area contributed by atoms with Crippen LogP contribution >= 0.6 is 11.8 Å². The third kappa shape index (κ3) is 5.32. The van der Waals surface area contributed by atoms with Crippen LogP contribution in [0.3, 0.4) is 0 Å². The molecule has 2 amide bonds. The summed E-state index contributed by atoms with van der Waals surface area (Å²) in [6.07, 6.45) is 2.58. The topological polar surface area (TPSA) is 107 Å². The summed E-state index contributed by atoms with van der Waals surface area (Å²) in [7, 11) is 1.57. The molecule has 0 aliphatic heterocycles. The summed E-state index contributed by atoms with van der Waals surface area (Å²) in [5, 5.41) is 3.65. The number of benzene rings is 1. The van der Waals surface area contributed by atoms with Crippen molar-refractivity contribution in [1.82, 2.24) is 14.9 Å². The molecule has 1 aromatic heterocycles. The molecule has 0 bridgehead atoms. The lowest BCUT2D eigenvalue weighted by atomic mass is 10.2. The maximum absolute atomic E-state index is 12.8. The molecule has 1 aromatic carbocycles. The van der Waals surface area contributed by atoms with E-state index in [1.54, 1.807) is 29.8 Å². The standard InChI is InChI=1S/C17H22N4O3S/c1-19-15(23)11-25-17-20-13-8-5-4-7-12(13)16(24)21(17)10-6-2-3-9-14(18)22/h4-5,7-8H,2-3,6,9-11H2,1H3,(H2,18,22)(H,19,23). The van der Waals surface area contributed by atoms with Gasteiger partial charge in [0.15, 0.2) is 5.16 Å². The number of fused-ring (bicyclic) bond motifs is 1. The highest BCUT2D eigenvalue weighted by Crippen LogP contribution is 2.18. The Kier molecular flexibility index (Phi) is 7.00. The van der Waals surface area contributed by atoms with Crippen molar-refractivity contribution in [2.75, 3.05) is 12.8 Å². The van der Waals surface area contributed by atoms with Gasteiger partial charge in [0.2, 0.25) is 11.8 Å². The van der Waals surface area contributed by atoms with Gasteiger partial charge in [-0.15, -0.1) is 0 Å². The Bertz CT molecular complexity index is 819. The molecule has 0 aliphatic carbocycles. The van der Waals surface area contributed by atoms with Crippen molar-refractivity contribution in [3.8, 4) is 0 Å². The Hall–Kier alpha value is -2.35. The molecule has 2 rings (SSSR count). The van der Waals surface area contributed by atoms with Crippen molar-refractivity contribution in [1.29, 1.82) is 0 Å². The van der Waals surface area contributed by atoms with Gasteiger partial charge in [-0.05, 0) is 25.0 Å². The summed E-state index contributed by atoms with van der Waals surface area (Å²) in [5.74, 6) is -0.241. The van der Waals surface area contributed by atoms with Gasteiger partial charge in [0.05, 0.1) is 16.7 Å². The predicted molar refractivity (Wildman–Crippen MR) is 98.5 cm³/mol. The molecular weight excluding hydrogens is 340 g/mol. The van der Waals surface area contributed by atoms with Crippen molar-refractivity contribution in [3.05, 3.63) is 34.6 Å². The van der Waals surface area contributed by atoms with Crippen LogP contribution in [-0.2, 0) is 16.1 Å². The third-order valence-corrected chi connectivity index (χ3v) is 4.72. The van der Waals surface area contributed by atoms with E-state index in [-0.39, 0.29) is 23.1 Å². The smallest absolute Gasteiger partial charge is 0.262 e. The lowest BCUT2D eigenvalue weighted by Crippen LogP contribution is -2.25. The Morgan fingerprint density at radius 2 is 2.00 bits per heavy atom. The summed E-state index contributed by atoms with van der Waals surface area (Å²) in [6.45, 7) is 0.492. The highest BCUT2D eigenvalue weighted by Gasteiger charge is 2.12. The number of hydrogen-bond donors (Lipinski definition) is 2. The summed E-state index contributed by atoms with van der Waals surface area (Å²) < 4.78 is 1.61. The largest absolute Gasteiger partial charge is 0.370 e. The molecule has 7 nitrogen and oxygen atoms in total. The van der Waals surface area contributed by atoms with Gasteiger partial charge in [-0.2, -0.15) is 0 Å². The third-order valence-electron chi connectivity index (χ3n) is 3.74. The molecule has 0 atom stereocenters. The molecule has 0 saturated heterocycles. The number of primary amides is 1. The fourth-order valence-corrected chi connectivity index (χ4v) is 3.30. The van der Waals surface area contributed by atoms with Crippen LogP contribution < -0.4 is 16.6 Å². The monoisotopic (exact) mass is 362 g/mol. The highest BCUT2D eigenvalue weighted by molar-refractivity contribution is 7.99. The highest BCUT2D eigenvalue weighted by atomic mass is 32.2. The zero-order valence-electron chi connectivity index (χ0n) is 14.2. The van der Waals surface area contributed by atoms with Crippen LogP contribution in [0, 0.1) is 0 Å². The first kappa shape index (κ1) is 19.0. The van der Waals surface area contributed by atoms with Gasteiger partial charge in [-0.1, -0.05) is 30.3 Å². The van der Waals surface area contributed by atoms with Crippen LogP contribution in [0.2, 0.25) is 0 Å². The van der Waals surface area contributed by atoms with E-state index in [0.717, 1.165) is 12.8 Å². The SMILES string of the molecule is CNC(=O)CSc1nc2ccccc2c(=O)n1CCCCCC(N)=O. The van der Waals surface area contributed by atoms with E-state index >= 15 is 0 Å². The molecule has 1 heterocycles. The maximum atomic E-state index is 12.8. The first-order valence-corrected chi connectivity index (χ1v) is 9.12. The van der Waals surface area contributed by atoms with E-state index < -0.39 is 0 Å². The van der Waals surface area contributed by atoms with Crippen molar-refractivity contribution >= 4 is 34.5 Å². The summed E-state index contributed by atoms with van der Waals surface area (Å²) in [5.41, 5.74) is 5.64. The average Bonchev–Trinajstić information content (AvgIpc) is 2.61. The number of nitrogens with one attached hydrogen (secondary N) is 1. The van der Waals surface area contributed by atoms with Crippen LogP contribution in [0.1, 0.15) is 25.7 Å². The minimum atomic E-state index is -0.314. The van der Waals surface area contributed by atoms with Gasteiger partial charge in [-0.3, -0.25) is 19.0 Å². The van der Waals surface area contributed by atoms with E-state index in [2.05, 4.69) is 10.3 Å². The lowest BCUT2D eigenvalue weighted by molar-refractivity contribution is -0.118. The van der Waals surface area contributed by atoms with Crippen LogP contribution in [-0.4, -0.2) is 34.2 Å². The summed E-state index contributed by atoms with van der Waals surface area (Å²) in [6, 6.07) is 7.18. The van der Waals surface area contributed by atoms with Crippen LogP contribution in [0.5, 0.6) is 0 Å². The lowest BCUT2D eigenvalue weighted by Gasteiger charge is -2.12. The summed E-state index contributed by atoms with van der Waals surface area (Å²) in [4.78, 5) is 39.6. The maximum Gasteiger partial charge on any atom is 0.262 e. The van der Waals surface area contributed by atoms with Gasteiger partial charge < -0.3 is 11.1 Å². The van der Waals surface area contributed by atoms with Gasteiger partial charge in [0.1, 0.15) is 0 Å². The second-order valence-corrected chi connectivity index (χ2v) is 6.55. The zero-order chi connectivity index (χ0) is 18.2. The Balaban J connectivity index is 2.21. The van der Waals surface area contributed by atoms with E-state index in [1.807, 2.05) is 6.07 Å². The molecule has 0 fully saturated rings. The fourth-order valence-electron chi connectivity index (χ4n) is 2.40. The second kappa shape index (κ2) is 9.22. The molecule has 0 unspecified atom stereocenters. The van der Waals surface area contributed by atoms with E-state index in [9.17, 15) is 14.4 Å². The van der Waals surface area contributed by atoms with Gasteiger partial charge in [-0.25, -0.2) is 4.98 Å². The molecule has 25 heavy (non-hydrogen) atoms. The zero-order valence-corrected chi connectivity index (χ0v) is 15.0. The molecule has 0 aliphatic rings. The fraction of sp³-hybridized carbons (Fsp3) is 0.412. The number of aromatic nitrogens is 2. The Morgan fingerprint density at radius 3 is 2.72 bits per heavy atom. The average molecular weight is 362 g/mol. The number of thioether (sulfide) groups is 1. The van der Waals surface area contributed by atoms with Crippen LogP contribution in [0.15, 0.2) is 34.2 Å². The second-order valence-electron chi connectivity index (χ2n) is 5.61.